The molecular weight excluding hydrogens is 256 g/mol. The van der Waals surface area contributed by atoms with Gasteiger partial charge in [0.25, 0.3) is 0 Å². The van der Waals surface area contributed by atoms with E-state index in [2.05, 4.69) is 13.8 Å². The number of carbonyl (C=O) groups is 2. The molecule has 0 aliphatic rings. The van der Waals surface area contributed by atoms with Crippen molar-refractivity contribution < 1.29 is 19.8 Å². The Morgan fingerprint density at radius 3 is 2.35 bits per heavy atom. The minimum atomic E-state index is -1.19. The minimum Gasteiger partial charge on any atom is -0.478 e. The first-order valence-corrected chi connectivity index (χ1v) is 7.09. The molecule has 0 saturated carbocycles. The zero-order valence-electron chi connectivity index (χ0n) is 12.1. The molecule has 110 valence electrons. The van der Waals surface area contributed by atoms with Crippen molar-refractivity contribution in [2.75, 3.05) is 0 Å². The highest BCUT2D eigenvalue weighted by atomic mass is 16.4. The largest absolute Gasteiger partial charge is 0.478 e. The molecule has 0 aliphatic carbocycles. The van der Waals surface area contributed by atoms with E-state index in [0.717, 1.165) is 25.7 Å². The topological polar surface area (TPSA) is 74.6 Å². The normalized spacial score (nSPS) is 12.1. The third-order valence-electron chi connectivity index (χ3n) is 3.65. The maximum absolute atomic E-state index is 11.4. The molecular formula is C16H22O4. The third-order valence-corrected chi connectivity index (χ3v) is 3.65. The summed E-state index contributed by atoms with van der Waals surface area (Å²) in [6.07, 6.45) is 4.86. The number of carboxylic acids is 2. The first-order chi connectivity index (χ1) is 9.51. The molecule has 0 fully saturated rings. The number of carboxylic acid groups (broad SMARTS) is 2. The van der Waals surface area contributed by atoms with Crippen LogP contribution in [0.15, 0.2) is 18.2 Å². The highest BCUT2D eigenvalue weighted by Gasteiger charge is 2.21. The lowest BCUT2D eigenvalue weighted by molar-refractivity contribution is 0.0650. The molecule has 0 amide bonds. The van der Waals surface area contributed by atoms with E-state index >= 15 is 0 Å². The average Bonchev–Trinajstić information content (AvgIpc) is 2.42. The summed E-state index contributed by atoms with van der Waals surface area (Å²) in [7, 11) is 0. The fraction of sp³-hybridized carbons (Fsp3) is 0.500. The number of rotatable bonds is 8. The van der Waals surface area contributed by atoms with Crippen LogP contribution in [0.3, 0.4) is 0 Å². The van der Waals surface area contributed by atoms with Gasteiger partial charge in [0.05, 0.1) is 11.1 Å². The Kier molecular flexibility index (Phi) is 6.22. The van der Waals surface area contributed by atoms with Crippen LogP contribution in [0.4, 0.5) is 0 Å². The van der Waals surface area contributed by atoms with E-state index in [0.29, 0.717) is 17.9 Å². The Labute approximate surface area is 119 Å². The van der Waals surface area contributed by atoms with Gasteiger partial charge in [-0.1, -0.05) is 51.7 Å². The molecule has 0 heterocycles. The van der Waals surface area contributed by atoms with Crippen molar-refractivity contribution in [2.24, 2.45) is 5.92 Å². The molecule has 1 aromatic carbocycles. The van der Waals surface area contributed by atoms with Gasteiger partial charge in [0.15, 0.2) is 0 Å². The van der Waals surface area contributed by atoms with Crippen molar-refractivity contribution in [2.45, 2.75) is 46.0 Å². The Bertz CT molecular complexity index is 479. The van der Waals surface area contributed by atoms with Gasteiger partial charge in [-0.2, -0.15) is 0 Å². The second-order valence-electron chi connectivity index (χ2n) is 5.07. The highest BCUT2D eigenvalue weighted by Crippen LogP contribution is 2.23. The van der Waals surface area contributed by atoms with Crippen LogP contribution in [0.1, 0.15) is 65.8 Å². The number of hydrogen-bond acceptors (Lipinski definition) is 2. The Hall–Kier alpha value is -1.84. The lowest BCUT2D eigenvalue weighted by Gasteiger charge is -2.16. The van der Waals surface area contributed by atoms with Crippen molar-refractivity contribution in [3.8, 4) is 0 Å². The maximum atomic E-state index is 11.4. The van der Waals surface area contributed by atoms with Gasteiger partial charge in [-0.15, -0.1) is 0 Å². The second kappa shape index (κ2) is 7.68. The molecule has 0 radical (unpaired) electrons. The van der Waals surface area contributed by atoms with Crippen LogP contribution in [0.2, 0.25) is 0 Å². The SMILES string of the molecule is CCCCC(CC)Cc1cccc(C(=O)O)c1C(=O)O. The summed E-state index contributed by atoms with van der Waals surface area (Å²) in [6, 6.07) is 4.70. The molecule has 0 saturated heterocycles. The van der Waals surface area contributed by atoms with Crippen molar-refractivity contribution in [3.05, 3.63) is 34.9 Å². The number of aromatic carboxylic acids is 2. The Balaban J connectivity index is 3.07. The summed E-state index contributed by atoms with van der Waals surface area (Å²) in [5.41, 5.74) is 0.440. The monoisotopic (exact) mass is 278 g/mol. The minimum absolute atomic E-state index is 0.0602. The summed E-state index contributed by atoms with van der Waals surface area (Å²) in [5.74, 6) is -1.95. The quantitative estimate of drug-likeness (QED) is 0.757. The van der Waals surface area contributed by atoms with Gasteiger partial charge in [0.2, 0.25) is 0 Å². The lowest BCUT2D eigenvalue weighted by Crippen LogP contribution is -2.14. The first-order valence-electron chi connectivity index (χ1n) is 7.09. The van der Waals surface area contributed by atoms with Gasteiger partial charge in [0, 0.05) is 0 Å². The molecule has 0 bridgehead atoms. The number of benzene rings is 1. The lowest BCUT2D eigenvalue weighted by atomic mass is 9.88. The van der Waals surface area contributed by atoms with Gasteiger partial charge < -0.3 is 10.2 Å². The fourth-order valence-corrected chi connectivity index (χ4v) is 2.46. The third kappa shape index (κ3) is 4.08. The van der Waals surface area contributed by atoms with Gasteiger partial charge in [-0.25, -0.2) is 9.59 Å². The Morgan fingerprint density at radius 2 is 1.85 bits per heavy atom. The summed E-state index contributed by atoms with van der Waals surface area (Å²) < 4.78 is 0. The Morgan fingerprint density at radius 1 is 1.15 bits per heavy atom. The van der Waals surface area contributed by atoms with Crippen molar-refractivity contribution >= 4 is 11.9 Å². The molecule has 1 rings (SSSR count). The van der Waals surface area contributed by atoms with Crippen LogP contribution in [-0.2, 0) is 6.42 Å². The summed E-state index contributed by atoms with van der Waals surface area (Å²) in [5, 5.41) is 18.4. The van der Waals surface area contributed by atoms with Gasteiger partial charge in [0.1, 0.15) is 0 Å². The zero-order valence-corrected chi connectivity index (χ0v) is 12.1. The van der Waals surface area contributed by atoms with Crippen LogP contribution >= 0.6 is 0 Å². The van der Waals surface area contributed by atoms with Gasteiger partial charge in [-0.3, -0.25) is 0 Å². The van der Waals surface area contributed by atoms with E-state index < -0.39 is 11.9 Å². The second-order valence-corrected chi connectivity index (χ2v) is 5.07. The molecule has 2 N–H and O–H groups in total. The summed E-state index contributed by atoms with van der Waals surface area (Å²) in [6.45, 7) is 4.21. The van der Waals surface area contributed by atoms with E-state index in [1.54, 1.807) is 12.1 Å². The smallest absolute Gasteiger partial charge is 0.336 e. The molecule has 0 spiro atoms. The predicted octanol–water partition coefficient (Wildman–Crippen LogP) is 3.84. The predicted molar refractivity (Wildman–Crippen MR) is 77.4 cm³/mol. The zero-order chi connectivity index (χ0) is 15.1. The standard InChI is InChI=1S/C16H22O4/c1-3-5-7-11(4-2)10-12-8-6-9-13(15(17)18)14(12)16(19)20/h6,8-9,11H,3-5,7,10H2,1-2H3,(H,17,18)(H,19,20). The van der Waals surface area contributed by atoms with Crippen LogP contribution < -0.4 is 0 Å². The summed E-state index contributed by atoms with van der Waals surface area (Å²) >= 11 is 0. The first kappa shape index (κ1) is 16.2. The van der Waals surface area contributed by atoms with Crippen molar-refractivity contribution in [1.82, 2.24) is 0 Å². The van der Waals surface area contributed by atoms with E-state index in [9.17, 15) is 14.7 Å². The molecule has 20 heavy (non-hydrogen) atoms. The maximum Gasteiger partial charge on any atom is 0.336 e. The molecule has 1 atom stereocenters. The molecule has 1 unspecified atom stereocenters. The molecule has 0 aromatic heterocycles. The molecule has 1 aromatic rings. The van der Waals surface area contributed by atoms with Crippen LogP contribution in [-0.4, -0.2) is 22.2 Å². The van der Waals surface area contributed by atoms with Crippen LogP contribution in [0.5, 0.6) is 0 Å². The fourth-order valence-electron chi connectivity index (χ4n) is 2.46. The van der Waals surface area contributed by atoms with E-state index in [4.69, 9.17) is 5.11 Å². The molecule has 4 heteroatoms. The average molecular weight is 278 g/mol. The summed E-state index contributed by atoms with van der Waals surface area (Å²) in [4.78, 5) is 22.5. The molecule has 0 aliphatic heterocycles. The van der Waals surface area contributed by atoms with Crippen molar-refractivity contribution in [1.29, 1.82) is 0 Å². The highest BCUT2D eigenvalue weighted by molar-refractivity contribution is 6.02. The number of unbranched alkanes of at least 4 members (excludes halogenated alkanes) is 1. The van der Waals surface area contributed by atoms with E-state index in [1.807, 2.05) is 0 Å². The van der Waals surface area contributed by atoms with Crippen LogP contribution in [0, 0.1) is 5.92 Å². The van der Waals surface area contributed by atoms with Gasteiger partial charge >= 0.3 is 11.9 Å². The van der Waals surface area contributed by atoms with Crippen LogP contribution in [0.25, 0.3) is 0 Å². The van der Waals surface area contributed by atoms with Gasteiger partial charge in [-0.05, 0) is 24.0 Å². The molecule has 4 nitrogen and oxygen atoms in total. The van der Waals surface area contributed by atoms with E-state index in [-0.39, 0.29) is 11.1 Å². The van der Waals surface area contributed by atoms with E-state index in [1.165, 1.54) is 6.07 Å². The number of hydrogen-bond donors (Lipinski definition) is 2. The van der Waals surface area contributed by atoms with Crippen molar-refractivity contribution in [3.63, 3.8) is 0 Å².